The molecule has 2 rings (SSSR count). The zero-order valence-corrected chi connectivity index (χ0v) is 9.04. The lowest BCUT2D eigenvalue weighted by atomic mass is 10.3. The lowest BCUT2D eigenvalue weighted by Crippen LogP contribution is -2.05. The third kappa shape index (κ3) is 4.31. The first-order valence-corrected chi connectivity index (χ1v) is 4.86. The molecule has 0 saturated carbocycles. The van der Waals surface area contributed by atoms with Gasteiger partial charge in [-0.05, 0) is 24.3 Å². The molecule has 5 nitrogen and oxygen atoms in total. The number of benzene rings is 2. The normalized spacial score (nSPS) is 9.00. The Bertz CT molecular complexity index is 461. The van der Waals surface area contributed by atoms with Crippen molar-refractivity contribution in [3.8, 4) is 17.2 Å². The van der Waals surface area contributed by atoms with Gasteiger partial charge in [-0.15, -0.1) is 0 Å². The van der Waals surface area contributed by atoms with Crippen LogP contribution in [0.2, 0.25) is 0 Å². The number of phenols is 3. The summed E-state index contributed by atoms with van der Waals surface area (Å²) >= 11 is 0. The number of anilines is 1. The summed E-state index contributed by atoms with van der Waals surface area (Å²) in [5.74, 6) is 4.50. The van der Waals surface area contributed by atoms with Gasteiger partial charge in [-0.1, -0.05) is 18.2 Å². The average Bonchev–Trinajstić information content (AvgIpc) is 2.36. The Morgan fingerprint density at radius 3 is 1.88 bits per heavy atom. The zero-order chi connectivity index (χ0) is 12.7. The van der Waals surface area contributed by atoms with Gasteiger partial charge < -0.3 is 20.7 Å². The van der Waals surface area contributed by atoms with Crippen molar-refractivity contribution < 1.29 is 15.3 Å². The van der Waals surface area contributed by atoms with Crippen molar-refractivity contribution >= 4 is 5.69 Å². The molecule has 0 atom stereocenters. The fourth-order valence-electron chi connectivity index (χ4n) is 1.05. The first-order valence-electron chi connectivity index (χ1n) is 4.86. The van der Waals surface area contributed by atoms with Crippen molar-refractivity contribution in [2.45, 2.75) is 0 Å². The fraction of sp³-hybridized carbons (Fsp3) is 0. The molecular formula is C12H14N2O3. The highest BCUT2D eigenvalue weighted by molar-refractivity contribution is 5.42. The van der Waals surface area contributed by atoms with Crippen LogP contribution in [0.15, 0.2) is 48.5 Å². The van der Waals surface area contributed by atoms with Crippen molar-refractivity contribution in [1.29, 1.82) is 0 Å². The minimum atomic E-state index is -0.310. The predicted molar refractivity (Wildman–Crippen MR) is 65.7 cm³/mol. The summed E-state index contributed by atoms with van der Waals surface area (Å²) in [5, 5.41) is 26.0. The van der Waals surface area contributed by atoms with Crippen molar-refractivity contribution in [3.05, 3.63) is 48.5 Å². The molecular weight excluding hydrogens is 220 g/mol. The second kappa shape index (κ2) is 6.24. The van der Waals surface area contributed by atoms with E-state index in [2.05, 4.69) is 5.43 Å². The molecule has 0 unspecified atom stereocenters. The molecule has 90 valence electrons. The van der Waals surface area contributed by atoms with Crippen LogP contribution in [-0.4, -0.2) is 15.3 Å². The Hall–Kier alpha value is -2.40. The molecule has 5 heteroatoms. The van der Waals surface area contributed by atoms with Gasteiger partial charge in [0.05, 0.1) is 0 Å². The van der Waals surface area contributed by atoms with Crippen molar-refractivity contribution in [3.63, 3.8) is 0 Å². The lowest BCUT2D eigenvalue weighted by molar-refractivity contribution is 0.396. The number of nitrogen functional groups attached to an aromatic ring is 1. The molecule has 0 fully saturated rings. The Balaban J connectivity index is 0.000000171. The number of aromatic hydroxyl groups is 3. The minimum Gasteiger partial charge on any atom is -0.508 e. The van der Waals surface area contributed by atoms with E-state index in [1.54, 1.807) is 0 Å². The van der Waals surface area contributed by atoms with Crippen molar-refractivity contribution in [1.82, 2.24) is 0 Å². The third-order valence-electron chi connectivity index (χ3n) is 1.90. The van der Waals surface area contributed by atoms with Gasteiger partial charge in [-0.2, -0.15) is 0 Å². The van der Waals surface area contributed by atoms with Crippen LogP contribution < -0.4 is 11.3 Å². The lowest BCUT2D eigenvalue weighted by Gasteiger charge is -1.95. The minimum absolute atomic E-state index is 0.0645. The number of hydrogen-bond donors (Lipinski definition) is 5. The van der Waals surface area contributed by atoms with Crippen LogP contribution in [-0.2, 0) is 0 Å². The summed E-state index contributed by atoms with van der Waals surface area (Å²) in [4.78, 5) is 0. The Labute approximate surface area is 98.7 Å². The smallest absolute Gasteiger partial charge is 0.161 e. The Kier molecular flexibility index (Phi) is 4.65. The molecule has 2 aromatic rings. The number of rotatable bonds is 1. The molecule has 0 radical (unpaired) electrons. The summed E-state index contributed by atoms with van der Waals surface area (Å²) in [7, 11) is 0. The van der Waals surface area contributed by atoms with Gasteiger partial charge >= 0.3 is 0 Å². The Morgan fingerprint density at radius 2 is 1.47 bits per heavy atom. The zero-order valence-electron chi connectivity index (χ0n) is 9.04. The molecule has 0 spiro atoms. The van der Waals surface area contributed by atoms with Gasteiger partial charge in [0.2, 0.25) is 0 Å². The molecule has 2 aromatic carbocycles. The number of phenolic OH excluding ortho intramolecular Hbond substituents is 3. The maximum atomic E-state index is 8.69. The molecule has 0 aliphatic heterocycles. The van der Waals surface area contributed by atoms with Crippen LogP contribution in [0.3, 0.4) is 0 Å². The number of hydrogen-bond acceptors (Lipinski definition) is 5. The van der Waals surface area contributed by atoms with Crippen LogP contribution in [0.1, 0.15) is 0 Å². The van der Waals surface area contributed by atoms with E-state index in [0.29, 0.717) is 0 Å². The van der Waals surface area contributed by atoms with Crippen LogP contribution in [0.5, 0.6) is 17.2 Å². The predicted octanol–water partition coefficient (Wildman–Crippen LogP) is 1.78. The number of para-hydroxylation sites is 1. The van der Waals surface area contributed by atoms with E-state index in [-0.39, 0.29) is 17.2 Å². The maximum Gasteiger partial charge on any atom is 0.161 e. The van der Waals surface area contributed by atoms with E-state index in [1.165, 1.54) is 12.1 Å². The highest BCUT2D eigenvalue weighted by Crippen LogP contribution is 2.27. The fourth-order valence-corrected chi connectivity index (χ4v) is 1.05. The monoisotopic (exact) mass is 234 g/mol. The van der Waals surface area contributed by atoms with Gasteiger partial charge in [0, 0.05) is 11.8 Å². The Morgan fingerprint density at radius 1 is 0.824 bits per heavy atom. The molecule has 0 bridgehead atoms. The van der Waals surface area contributed by atoms with Crippen LogP contribution in [0, 0.1) is 0 Å². The van der Waals surface area contributed by atoms with E-state index in [9.17, 15) is 0 Å². The number of nitrogens with one attached hydrogen (secondary N) is 1. The van der Waals surface area contributed by atoms with Gasteiger partial charge in [0.15, 0.2) is 11.5 Å². The first kappa shape index (κ1) is 12.7. The highest BCUT2D eigenvalue weighted by Gasteiger charge is 1.96. The van der Waals surface area contributed by atoms with Crippen molar-refractivity contribution in [2.75, 3.05) is 5.43 Å². The summed E-state index contributed by atoms with van der Waals surface area (Å²) in [6.45, 7) is 0. The number of nitrogens with two attached hydrogens (primary N) is 1. The maximum absolute atomic E-state index is 8.69. The molecule has 0 aliphatic carbocycles. The van der Waals surface area contributed by atoms with E-state index in [0.717, 1.165) is 11.8 Å². The van der Waals surface area contributed by atoms with Crippen LogP contribution in [0.4, 0.5) is 5.69 Å². The highest BCUT2D eigenvalue weighted by atomic mass is 16.3. The van der Waals surface area contributed by atoms with E-state index in [1.807, 2.05) is 30.3 Å². The molecule has 0 aliphatic rings. The van der Waals surface area contributed by atoms with E-state index in [4.69, 9.17) is 21.2 Å². The largest absolute Gasteiger partial charge is 0.508 e. The molecule has 0 amide bonds. The summed E-state index contributed by atoms with van der Waals surface area (Å²) in [5.41, 5.74) is 3.46. The second-order valence-electron chi connectivity index (χ2n) is 3.18. The van der Waals surface area contributed by atoms with Crippen LogP contribution >= 0.6 is 0 Å². The van der Waals surface area contributed by atoms with Gasteiger partial charge in [0.25, 0.3) is 0 Å². The molecule has 0 saturated heterocycles. The quantitative estimate of drug-likeness (QED) is 0.224. The first-order chi connectivity index (χ1) is 8.13. The topological polar surface area (TPSA) is 98.7 Å². The van der Waals surface area contributed by atoms with Gasteiger partial charge in [-0.25, -0.2) is 0 Å². The van der Waals surface area contributed by atoms with Crippen LogP contribution in [0.25, 0.3) is 0 Å². The van der Waals surface area contributed by atoms with Gasteiger partial charge in [0.1, 0.15) is 5.75 Å². The third-order valence-corrected chi connectivity index (χ3v) is 1.90. The van der Waals surface area contributed by atoms with Crippen molar-refractivity contribution in [2.24, 2.45) is 5.84 Å². The second-order valence-corrected chi connectivity index (χ2v) is 3.18. The summed E-state index contributed by atoms with van der Waals surface area (Å²) in [6.07, 6.45) is 0. The molecule has 0 heterocycles. The van der Waals surface area contributed by atoms with E-state index >= 15 is 0 Å². The summed E-state index contributed by atoms with van der Waals surface area (Å²) < 4.78 is 0. The standard InChI is InChI=1S/C6H8N2.C6H6O3/c7-8-6-4-2-1-3-5-6;7-4-1-2-5(8)6(9)3-4/h1-5,8H,7H2;1-3,7-9H. The van der Waals surface area contributed by atoms with E-state index < -0.39 is 0 Å². The number of hydrazine groups is 1. The molecule has 0 aromatic heterocycles. The summed E-state index contributed by atoms with van der Waals surface area (Å²) in [6, 6.07) is 13.2. The molecule has 6 N–H and O–H groups in total. The average molecular weight is 234 g/mol. The van der Waals surface area contributed by atoms with Gasteiger partial charge in [-0.3, -0.25) is 5.84 Å². The SMILES string of the molecule is NNc1ccccc1.Oc1ccc(O)c(O)c1. The molecule has 17 heavy (non-hydrogen) atoms.